The molecule has 0 radical (unpaired) electrons. The molecule has 0 saturated carbocycles. The fourth-order valence-electron chi connectivity index (χ4n) is 1.89. The molecule has 20 heavy (non-hydrogen) atoms. The summed E-state index contributed by atoms with van der Waals surface area (Å²) in [7, 11) is 1.81. The Balaban J connectivity index is 2.42. The summed E-state index contributed by atoms with van der Waals surface area (Å²) in [5.74, 6) is 1.46. The molecule has 2 rings (SSSR count). The van der Waals surface area contributed by atoms with Crippen molar-refractivity contribution < 1.29 is 0 Å². The van der Waals surface area contributed by atoms with Crippen molar-refractivity contribution in [2.24, 2.45) is 0 Å². The molecule has 0 atom stereocenters. The number of hydrogen-bond donors (Lipinski definition) is 2. The summed E-state index contributed by atoms with van der Waals surface area (Å²) in [6, 6.07) is 7.15. The number of hydrogen-bond acceptors (Lipinski definition) is 5. The number of benzene rings is 1. The van der Waals surface area contributed by atoms with Gasteiger partial charge in [0.2, 0.25) is 0 Å². The van der Waals surface area contributed by atoms with Crippen molar-refractivity contribution in [3.63, 3.8) is 0 Å². The number of aromatic nitrogens is 2. The quantitative estimate of drug-likeness (QED) is 0.902. The van der Waals surface area contributed by atoms with E-state index in [1.54, 1.807) is 18.2 Å². The minimum absolute atomic E-state index is 0.538. The van der Waals surface area contributed by atoms with Gasteiger partial charge in [-0.25, -0.2) is 9.97 Å². The van der Waals surface area contributed by atoms with Gasteiger partial charge in [0.05, 0.1) is 22.3 Å². The van der Waals surface area contributed by atoms with Gasteiger partial charge in [-0.05, 0) is 24.6 Å². The monoisotopic (exact) mass is 287 g/mol. The van der Waals surface area contributed by atoms with Crippen LogP contribution in [0, 0.1) is 11.3 Å². The molecule has 0 spiro atoms. The normalized spacial score (nSPS) is 9.90. The average Bonchev–Trinajstić information content (AvgIpc) is 2.49. The maximum Gasteiger partial charge on any atom is 0.139 e. The zero-order valence-corrected chi connectivity index (χ0v) is 12.0. The molecule has 0 bridgehead atoms. The van der Waals surface area contributed by atoms with Gasteiger partial charge < -0.3 is 10.6 Å². The molecular formula is C14H14ClN5. The predicted molar refractivity (Wildman–Crippen MR) is 80.4 cm³/mol. The van der Waals surface area contributed by atoms with Crippen LogP contribution in [0.4, 0.5) is 17.3 Å². The standard InChI is InChI=1S/C14H14ClN5/c1-3-10-13(17-2)18-8-19-14(10)20-12-6-9(7-16)4-5-11(12)15/h4-6,8H,3H2,1-2H3,(H2,17,18,19,20). The van der Waals surface area contributed by atoms with Gasteiger partial charge in [0.25, 0.3) is 0 Å². The smallest absolute Gasteiger partial charge is 0.139 e. The molecule has 1 aromatic heterocycles. The zero-order chi connectivity index (χ0) is 14.5. The fourth-order valence-corrected chi connectivity index (χ4v) is 2.05. The molecule has 1 aromatic carbocycles. The van der Waals surface area contributed by atoms with E-state index in [1.165, 1.54) is 6.33 Å². The van der Waals surface area contributed by atoms with Crippen molar-refractivity contribution in [1.29, 1.82) is 5.26 Å². The lowest BCUT2D eigenvalue weighted by Gasteiger charge is -2.13. The number of nitriles is 1. The molecule has 0 aliphatic rings. The lowest BCUT2D eigenvalue weighted by atomic mass is 10.2. The van der Waals surface area contributed by atoms with Gasteiger partial charge in [-0.15, -0.1) is 0 Å². The average molecular weight is 288 g/mol. The molecule has 5 nitrogen and oxygen atoms in total. The van der Waals surface area contributed by atoms with Crippen molar-refractivity contribution in [1.82, 2.24) is 9.97 Å². The number of rotatable bonds is 4. The fraction of sp³-hybridized carbons (Fsp3) is 0.214. The third-order valence-electron chi connectivity index (χ3n) is 2.88. The Labute approximate surface area is 122 Å². The second-order valence-corrected chi connectivity index (χ2v) is 4.49. The SMILES string of the molecule is CCc1c(NC)ncnc1Nc1cc(C#N)ccc1Cl. The lowest BCUT2D eigenvalue weighted by molar-refractivity contribution is 1.05. The summed E-state index contributed by atoms with van der Waals surface area (Å²) in [6.45, 7) is 2.03. The Morgan fingerprint density at radius 3 is 2.70 bits per heavy atom. The van der Waals surface area contributed by atoms with Crippen LogP contribution in [0.25, 0.3) is 0 Å². The van der Waals surface area contributed by atoms with E-state index in [2.05, 4.69) is 26.7 Å². The topological polar surface area (TPSA) is 73.6 Å². The van der Waals surface area contributed by atoms with E-state index >= 15 is 0 Å². The molecule has 0 amide bonds. The van der Waals surface area contributed by atoms with Crippen molar-refractivity contribution >= 4 is 28.9 Å². The first-order chi connectivity index (χ1) is 9.69. The molecule has 0 unspecified atom stereocenters. The van der Waals surface area contributed by atoms with Gasteiger partial charge in [-0.2, -0.15) is 5.26 Å². The Kier molecular flexibility index (Phi) is 4.38. The maximum absolute atomic E-state index is 8.95. The molecular weight excluding hydrogens is 274 g/mol. The van der Waals surface area contributed by atoms with Crippen LogP contribution < -0.4 is 10.6 Å². The molecule has 102 valence electrons. The van der Waals surface area contributed by atoms with Gasteiger partial charge in [0.1, 0.15) is 18.0 Å². The summed E-state index contributed by atoms with van der Waals surface area (Å²) in [6.07, 6.45) is 2.25. The third kappa shape index (κ3) is 2.81. The van der Waals surface area contributed by atoms with Crippen LogP contribution in [0.1, 0.15) is 18.1 Å². The van der Waals surface area contributed by atoms with E-state index in [9.17, 15) is 0 Å². The summed E-state index contributed by atoms with van der Waals surface area (Å²) in [5, 5.41) is 15.7. The van der Waals surface area contributed by atoms with E-state index in [-0.39, 0.29) is 0 Å². The molecule has 0 fully saturated rings. The van der Waals surface area contributed by atoms with Crippen LogP contribution in [0.15, 0.2) is 24.5 Å². The van der Waals surface area contributed by atoms with Gasteiger partial charge in [-0.1, -0.05) is 18.5 Å². The zero-order valence-electron chi connectivity index (χ0n) is 11.2. The summed E-state index contributed by atoms with van der Waals surface area (Å²) < 4.78 is 0. The van der Waals surface area contributed by atoms with E-state index in [1.807, 2.05) is 14.0 Å². The van der Waals surface area contributed by atoms with Crippen LogP contribution in [-0.4, -0.2) is 17.0 Å². The second-order valence-electron chi connectivity index (χ2n) is 4.08. The first kappa shape index (κ1) is 14.1. The Hall–Kier alpha value is -2.32. The minimum atomic E-state index is 0.538. The van der Waals surface area contributed by atoms with Crippen molar-refractivity contribution in [2.75, 3.05) is 17.7 Å². The maximum atomic E-state index is 8.95. The van der Waals surface area contributed by atoms with E-state index in [0.717, 1.165) is 17.8 Å². The van der Waals surface area contributed by atoms with E-state index in [4.69, 9.17) is 16.9 Å². The molecule has 0 saturated heterocycles. The van der Waals surface area contributed by atoms with Gasteiger partial charge in [0, 0.05) is 12.6 Å². The van der Waals surface area contributed by atoms with Crippen LogP contribution in [-0.2, 0) is 6.42 Å². The Morgan fingerprint density at radius 1 is 1.30 bits per heavy atom. The van der Waals surface area contributed by atoms with Crippen molar-refractivity contribution in [2.45, 2.75) is 13.3 Å². The highest BCUT2D eigenvalue weighted by Crippen LogP contribution is 2.29. The van der Waals surface area contributed by atoms with Crippen molar-refractivity contribution in [3.8, 4) is 6.07 Å². The number of anilines is 3. The van der Waals surface area contributed by atoms with Crippen LogP contribution in [0.3, 0.4) is 0 Å². The highest BCUT2D eigenvalue weighted by molar-refractivity contribution is 6.33. The largest absolute Gasteiger partial charge is 0.373 e. The number of nitrogens with one attached hydrogen (secondary N) is 2. The summed E-state index contributed by atoms with van der Waals surface area (Å²) in [5.41, 5.74) is 2.16. The highest BCUT2D eigenvalue weighted by atomic mass is 35.5. The Morgan fingerprint density at radius 2 is 2.05 bits per heavy atom. The predicted octanol–water partition coefficient (Wildman–Crippen LogP) is 3.35. The first-order valence-corrected chi connectivity index (χ1v) is 6.55. The molecule has 2 N–H and O–H groups in total. The molecule has 0 aliphatic heterocycles. The second kappa shape index (κ2) is 6.22. The lowest BCUT2D eigenvalue weighted by Crippen LogP contribution is -2.05. The first-order valence-electron chi connectivity index (χ1n) is 6.17. The summed E-state index contributed by atoms with van der Waals surface area (Å²) >= 11 is 6.14. The molecule has 6 heteroatoms. The van der Waals surface area contributed by atoms with Gasteiger partial charge >= 0.3 is 0 Å². The minimum Gasteiger partial charge on any atom is -0.373 e. The molecule has 0 aliphatic carbocycles. The van der Waals surface area contributed by atoms with Crippen LogP contribution >= 0.6 is 11.6 Å². The highest BCUT2D eigenvalue weighted by Gasteiger charge is 2.10. The van der Waals surface area contributed by atoms with Crippen molar-refractivity contribution in [3.05, 3.63) is 40.7 Å². The van der Waals surface area contributed by atoms with Gasteiger partial charge in [-0.3, -0.25) is 0 Å². The number of nitrogens with zero attached hydrogens (tertiary/aromatic N) is 3. The summed E-state index contributed by atoms with van der Waals surface area (Å²) in [4.78, 5) is 8.43. The van der Waals surface area contributed by atoms with Crippen LogP contribution in [0.5, 0.6) is 0 Å². The number of halogens is 1. The third-order valence-corrected chi connectivity index (χ3v) is 3.21. The Bertz CT molecular complexity index is 663. The van der Waals surface area contributed by atoms with Crippen LogP contribution in [0.2, 0.25) is 5.02 Å². The molecule has 2 aromatic rings. The van der Waals surface area contributed by atoms with E-state index in [0.29, 0.717) is 22.1 Å². The van der Waals surface area contributed by atoms with Gasteiger partial charge in [0.15, 0.2) is 0 Å². The van der Waals surface area contributed by atoms with E-state index < -0.39 is 0 Å². The molecule has 1 heterocycles.